The third-order valence-corrected chi connectivity index (χ3v) is 3.29. The minimum atomic E-state index is -4.65. The summed E-state index contributed by atoms with van der Waals surface area (Å²) < 4.78 is 40.3. The highest BCUT2D eigenvalue weighted by atomic mass is 19.4. The molecule has 120 valence electrons. The van der Waals surface area contributed by atoms with Crippen LogP contribution < -0.4 is 0 Å². The number of carbonyl (C=O) groups is 2. The van der Waals surface area contributed by atoms with Crippen LogP contribution in [0, 0.1) is 0 Å². The summed E-state index contributed by atoms with van der Waals surface area (Å²) in [6.45, 7) is 0. The molecule has 1 atom stereocenters. The van der Waals surface area contributed by atoms with Crippen LogP contribution in [0.4, 0.5) is 13.2 Å². The van der Waals surface area contributed by atoms with Crippen molar-refractivity contribution in [2.45, 2.75) is 12.1 Å². The molecule has 0 saturated carbocycles. The molecule has 0 spiro atoms. The Kier molecular flexibility index (Phi) is 4.40. The predicted molar refractivity (Wildman–Crippen MR) is 74.7 cm³/mol. The number of carboxylic acids is 2. The summed E-state index contributed by atoms with van der Waals surface area (Å²) in [6.07, 6.45) is -4.65. The van der Waals surface area contributed by atoms with Crippen molar-refractivity contribution in [1.82, 2.24) is 0 Å². The SMILES string of the molecule is O=C(O)c1ccc(C(c2cccc(C(=O)O)c2)C(F)(F)F)cc1. The van der Waals surface area contributed by atoms with Crippen molar-refractivity contribution >= 4 is 11.9 Å². The molecule has 2 N–H and O–H groups in total. The van der Waals surface area contributed by atoms with Crippen LogP contribution >= 0.6 is 0 Å². The summed E-state index contributed by atoms with van der Waals surface area (Å²) in [4.78, 5) is 21.7. The van der Waals surface area contributed by atoms with E-state index in [1.54, 1.807) is 0 Å². The van der Waals surface area contributed by atoms with Crippen molar-refractivity contribution < 1.29 is 33.0 Å². The second-order valence-corrected chi connectivity index (χ2v) is 4.83. The van der Waals surface area contributed by atoms with Crippen molar-refractivity contribution in [2.24, 2.45) is 0 Å². The Morgan fingerprint density at radius 2 is 1.39 bits per heavy atom. The van der Waals surface area contributed by atoms with Gasteiger partial charge in [-0.05, 0) is 35.4 Å². The quantitative estimate of drug-likeness (QED) is 0.897. The molecule has 1 unspecified atom stereocenters. The molecule has 2 aromatic carbocycles. The lowest BCUT2D eigenvalue weighted by molar-refractivity contribution is -0.141. The Hall–Kier alpha value is -2.83. The number of rotatable bonds is 4. The Bertz CT molecular complexity index is 736. The van der Waals surface area contributed by atoms with Gasteiger partial charge in [0.2, 0.25) is 0 Å². The number of hydrogen-bond acceptors (Lipinski definition) is 2. The Morgan fingerprint density at radius 1 is 0.826 bits per heavy atom. The summed E-state index contributed by atoms with van der Waals surface area (Å²) in [5.41, 5.74) is -0.765. The number of aromatic carboxylic acids is 2. The Labute approximate surface area is 128 Å². The van der Waals surface area contributed by atoms with E-state index < -0.39 is 24.0 Å². The highest BCUT2D eigenvalue weighted by molar-refractivity contribution is 5.88. The van der Waals surface area contributed by atoms with Crippen molar-refractivity contribution in [3.63, 3.8) is 0 Å². The predicted octanol–water partition coefficient (Wildman–Crippen LogP) is 3.78. The topological polar surface area (TPSA) is 74.6 Å². The van der Waals surface area contributed by atoms with Gasteiger partial charge in [0.15, 0.2) is 0 Å². The van der Waals surface area contributed by atoms with Crippen LogP contribution in [0.25, 0.3) is 0 Å². The van der Waals surface area contributed by atoms with Gasteiger partial charge in [0.1, 0.15) is 5.92 Å². The van der Waals surface area contributed by atoms with E-state index in [9.17, 15) is 22.8 Å². The molecule has 0 heterocycles. The smallest absolute Gasteiger partial charge is 0.399 e. The van der Waals surface area contributed by atoms with E-state index in [0.29, 0.717) is 0 Å². The number of halogens is 3. The minimum Gasteiger partial charge on any atom is -0.478 e. The molecule has 0 fully saturated rings. The lowest BCUT2D eigenvalue weighted by Crippen LogP contribution is -2.22. The average Bonchev–Trinajstić information content (AvgIpc) is 2.47. The fourth-order valence-corrected chi connectivity index (χ4v) is 2.24. The van der Waals surface area contributed by atoms with Gasteiger partial charge < -0.3 is 10.2 Å². The first kappa shape index (κ1) is 16.5. The summed E-state index contributed by atoms with van der Waals surface area (Å²) in [7, 11) is 0. The van der Waals surface area contributed by atoms with Gasteiger partial charge in [0, 0.05) is 0 Å². The number of benzene rings is 2. The third-order valence-electron chi connectivity index (χ3n) is 3.29. The van der Waals surface area contributed by atoms with Crippen LogP contribution in [0.15, 0.2) is 48.5 Å². The second-order valence-electron chi connectivity index (χ2n) is 4.83. The molecule has 2 aromatic rings. The summed E-state index contributed by atoms with van der Waals surface area (Å²) >= 11 is 0. The van der Waals surface area contributed by atoms with Gasteiger partial charge in [-0.2, -0.15) is 13.2 Å². The Morgan fingerprint density at radius 3 is 1.87 bits per heavy atom. The molecule has 0 radical (unpaired) electrons. The molecule has 23 heavy (non-hydrogen) atoms. The number of carboxylic acid groups (broad SMARTS) is 2. The molecule has 4 nitrogen and oxygen atoms in total. The molecular weight excluding hydrogens is 313 g/mol. The minimum absolute atomic E-state index is 0.131. The van der Waals surface area contributed by atoms with Crippen LogP contribution in [0.1, 0.15) is 37.8 Å². The van der Waals surface area contributed by atoms with E-state index in [-0.39, 0.29) is 22.3 Å². The first-order valence-electron chi connectivity index (χ1n) is 6.43. The van der Waals surface area contributed by atoms with E-state index in [1.165, 1.54) is 18.2 Å². The highest BCUT2D eigenvalue weighted by Crippen LogP contribution is 2.40. The standard InChI is InChI=1S/C16H11F3O4/c17-16(18,19)13(9-4-6-10(7-5-9)14(20)21)11-2-1-3-12(8-11)15(22)23/h1-8,13H,(H,20,21)(H,22,23). The molecule has 2 rings (SSSR count). The van der Waals surface area contributed by atoms with Crippen LogP contribution in [-0.2, 0) is 0 Å². The van der Waals surface area contributed by atoms with Crippen molar-refractivity contribution in [1.29, 1.82) is 0 Å². The maximum atomic E-state index is 13.4. The van der Waals surface area contributed by atoms with E-state index in [0.717, 1.165) is 30.3 Å². The molecule has 0 aliphatic carbocycles. The number of hydrogen-bond donors (Lipinski definition) is 2. The van der Waals surface area contributed by atoms with Gasteiger partial charge in [-0.1, -0.05) is 24.3 Å². The monoisotopic (exact) mass is 324 g/mol. The molecule has 7 heteroatoms. The largest absolute Gasteiger partial charge is 0.478 e. The summed E-state index contributed by atoms with van der Waals surface area (Å²) in [5, 5.41) is 17.7. The van der Waals surface area contributed by atoms with E-state index in [1.807, 2.05) is 0 Å². The van der Waals surface area contributed by atoms with Gasteiger partial charge in [-0.3, -0.25) is 0 Å². The van der Waals surface area contributed by atoms with Gasteiger partial charge in [-0.15, -0.1) is 0 Å². The van der Waals surface area contributed by atoms with E-state index >= 15 is 0 Å². The van der Waals surface area contributed by atoms with Crippen LogP contribution in [-0.4, -0.2) is 28.3 Å². The zero-order valence-corrected chi connectivity index (χ0v) is 11.5. The zero-order valence-electron chi connectivity index (χ0n) is 11.5. The molecule has 0 bridgehead atoms. The summed E-state index contributed by atoms with van der Waals surface area (Å²) in [6, 6.07) is 8.91. The maximum Gasteiger partial charge on any atom is 0.399 e. The summed E-state index contributed by atoms with van der Waals surface area (Å²) in [5.74, 6) is -4.60. The van der Waals surface area contributed by atoms with Crippen LogP contribution in [0.2, 0.25) is 0 Å². The first-order valence-corrected chi connectivity index (χ1v) is 6.43. The van der Waals surface area contributed by atoms with Crippen molar-refractivity contribution in [3.05, 3.63) is 70.8 Å². The fraction of sp³-hybridized carbons (Fsp3) is 0.125. The van der Waals surface area contributed by atoms with Gasteiger partial charge in [-0.25, -0.2) is 9.59 Å². The fourth-order valence-electron chi connectivity index (χ4n) is 2.24. The van der Waals surface area contributed by atoms with Gasteiger partial charge >= 0.3 is 18.1 Å². The Balaban J connectivity index is 2.52. The van der Waals surface area contributed by atoms with E-state index in [4.69, 9.17) is 10.2 Å². The van der Waals surface area contributed by atoms with Crippen LogP contribution in [0.5, 0.6) is 0 Å². The first-order chi connectivity index (χ1) is 10.7. The van der Waals surface area contributed by atoms with Gasteiger partial charge in [0.05, 0.1) is 11.1 Å². The molecule has 0 aromatic heterocycles. The lowest BCUT2D eigenvalue weighted by atomic mass is 9.89. The normalized spacial score (nSPS) is 12.7. The molecule has 0 aliphatic rings. The molecule has 0 aliphatic heterocycles. The van der Waals surface area contributed by atoms with Crippen molar-refractivity contribution in [3.8, 4) is 0 Å². The van der Waals surface area contributed by atoms with Crippen molar-refractivity contribution in [2.75, 3.05) is 0 Å². The molecular formula is C16H11F3O4. The molecule has 0 amide bonds. The highest BCUT2D eigenvalue weighted by Gasteiger charge is 2.42. The maximum absolute atomic E-state index is 13.4. The average molecular weight is 324 g/mol. The van der Waals surface area contributed by atoms with Gasteiger partial charge in [0.25, 0.3) is 0 Å². The zero-order chi connectivity index (χ0) is 17.2. The van der Waals surface area contributed by atoms with E-state index in [2.05, 4.69) is 0 Å². The lowest BCUT2D eigenvalue weighted by Gasteiger charge is -2.21. The molecule has 0 saturated heterocycles. The third kappa shape index (κ3) is 3.68. The van der Waals surface area contributed by atoms with Crippen LogP contribution in [0.3, 0.4) is 0 Å². The second kappa shape index (κ2) is 6.12. The number of alkyl halides is 3.